The third-order valence-electron chi connectivity index (χ3n) is 3.20. The van der Waals surface area contributed by atoms with E-state index < -0.39 is 5.97 Å². The van der Waals surface area contributed by atoms with Crippen LogP contribution < -0.4 is 0 Å². The van der Waals surface area contributed by atoms with E-state index in [-0.39, 0.29) is 24.8 Å². The predicted molar refractivity (Wildman–Crippen MR) is 75.7 cm³/mol. The third-order valence-corrected chi connectivity index (χ3v) is 3.20. The van der Waals surface area contributed by atoms with Gasteiger partial charge in [-0.2, -0.15) is 4.98 Å². The largest absolute Gasteiger partial charge is 0.481 e. The van der Waals surface area contributed by atoms with Crippen LogP contribution in [0.25, 0.3) is 0 Å². The molecule has 0 aromatic carbocycles. The monoisotopic (exact) mass is 297 g/mol. The van der Waals surface area contributed by atoms with Crippen LogP contribution >= 0.6 is 0 Å². The minimum absolute atomic E-state index is 0.0548. The highest BCUT2D eigenvalue weighted by Crippen LogP contribution is 2.09. The van der Waals surface area contributed by atoms with Crippen molar-refractivity contribution < 1.29 is 19.2 Å². The van der Waals surface area contributed by atoms with E-state index in [0.29, 0.717) is 24.7 Å². The van der Waals surface area contributed by atoms with Crippen LogP contribution in [-0.2, 0) is 22.4 Å². The number of aromatic nitrogens is 2. The van der Waals surface area contributed by atoms with Gasteiger partial charge in [-0.25, -0.2) is 0 Å². The summed E-state index contributed by atoms with van der Waals surface area (Å²) in [4.78, 5) is 28.6. The summed E-state index contributed by atoms with van der Waals surface area (Å²) in [5.74, 6) is 0.108. The first-order chi connectivity index (χ1) is 9.97. The maximum atomic E-state index is 12.1. The Labute approximate surface area is 124 Å². The maximum absolute atomic E-state index is 12.1. The highest BCUT2D eigenvalue weighted by Gasteiger charge is 2.21. The summed E-state index contributed by atoms with van der Waals surface area (Å²) in [5.41, 5.74) is 0. The molecule has 1 aromatic heterocycles. The molecule has 1 atom stereocenters. The lowest BCUT2D eigenvalue weighted by Gasteiger charge is -2.26. The molecule has 1 heterocycles. The van der Waals surface area contributed by atoms with E-state index in [1.54, 1.807) is 11.8 Å². The molecule has 0 aliphatic rings. The summed E-state index contributed by atoms with van der Waals surface area (Å²) < 4.78 is 5.08. The highest BCUT2D eigenvalue weighted by molar-refractivity contribution is 5.77. The zero-order valence-electron chi connectivity index (χ0n) is 12.8. The molecule has 0 fully saturated rings. The van der Waals surface area contributed by atoms with Gasteiger partial charge >= 0.3 is 5.97 Å². The van der Waals surface area contributed by atoms with E-state index in [1.807, 2.05) is 13.8 Å². The number of amides is 1. The van der Waals surface area contributed by atoms with Gasteiger partial charge in [0.1, 0.15) is 0 Å². The average Bonchev–Trinajstić information content (AvgIpc) is 2.84. The quantitative estimate of drug-likeness (QED) is 0.744. The molecule has 1 N–H and O–H groups in total. The van der Waals surface area contributed by atoms with Crippen LogP contribution in [0, 0.1) is 0 Å². The Hall–Kier alpha value is -1.92. The van der Waals surface area contributed by atoms with E-state index in [0.717, 1.165) is 12.8 Å². The Kier molecular flexibility index (Phi) is 6.84. The van der Waals surface area contributed by atoms with Crippen LogP contribution in [-0.4, -0.2) is 44.6 Å². The number of hydrogen-bond donors (Lipinski definition) is 1. The van der Waals surface area contributed by atoms with Gasteiger partial charge in [0.05, 0.1) is 6.42 Å². The standard InChI is InChI=1S/C14H23N3O4/c1-4-6-11-15-12(21-16-11)7-8-13(18)17(5-2)10(3)9-14(19)20/h10H,4-9H2,1-3H3,(H,19,20). The fraction of sp³-hybridized carbons (Fsp3) is 0.714. The molecule has 1 amide bonds. The van der Waals surface area contributed by atoms with Gasteiger partial charge in [-0.15, -0.1) is 0 Å². The number of nitrogens with zero attached hydrogens (tertiary/aromatic N) is 3. The zero-order valence-corrected chi connectivity index (χ0v) is 12.8. The molecule has 1 aromatic rings. The van der Waals surface area contributed by atoms with Crippen molar-refractivity contribution in [1.29, 1.82) is 0 Å². The molecule has 1 rings (SSSR count). The second kappa shape index (κ2) is 8.39. The molecule has 0 radical (unpaired) electrons. The molecule has 0 spiro atoms. The third kappa shape index (κ3) is 5.53. The summed E-state index contributed by atoms with van der Waals surface area (Å²) in [7, 11) is 0. The summed E-state index contributed by atoms with van der Waals surface area (Å²) in [6, 6.07) is -0.321. The highest BCUT2D eigenvalue weighted by atomic mass is 16.5. The molecule has 0 aliphatic heterocycles. The first kappa shape index (κ1) is 17.1. The van der Waals surface area contributed by atoms with Gasteiger partial charge in [-0.1, -0.05) is 12.1 Å². The molecule has 0 saturated heterocycles. The Morgan fingerprint density at radius 1 is 1.33 bits per heavy atom. The molecule has 0 bridgehead atoms. The summed E-state index contributed by atoms with van der Waals surface area (Å²) in [6.45, 7) is 6.09. The van der Waals surface area contributed by atoms with E-state index in [9.17, 15) is 9.59 Å². The predicted octanol–water partition coefficient (Wildman–Crippen LogP) is 1.67. The number of rotatable bonds is 9. The zero-order chi connectivity index (χ0) is 15.8. The Morgan fingerprint density at radius 2 is 2.05 bits per heavy atom. The lowest BCUT2D eigenvalue weighted by atomic mass is 10.1. The Morgan fingerprint density at radius 3 is 2.62 bits per heavy atom. The number of carboxylic acid groups (broad SMARTS) is 1. The molecule has 118 valence electrons. The molecular weight excluding hydrogens is 274 g/mol. The van der Waals surface area contributed by atoms with Gasteiger partial charge < -0.3 is 14.5 Å². The minimum Gasteiger partial charge on any atom is -0.481 e. The van der Waals surface area contributed by atoms with Crippen molar-refractivity contribution >= 4 is 11.9 Å². The maximum Gasteiger partial charge on any atom is 0.305 e. The van der Waals surface area contributed by atoms with Crippen LogP contribution in [0.15, 0.2) is 4.52 Å². The number of hydrogen-bond acceptors (Lipinski definition) is 5. The van der Waals surface area contributed by atoms with Crippen LogP contribution in [0.5, 0.6) is 0 Å². The van der Waals surface area contributed by atoms with E-state index in [2.05, 4.69) is 10.1 Å². The molecule has 7 heteroatoms. The van der Waals surface area contributed by atoms with Crippen molar-refractivity contribution in [2.45, 2.75) is 58.9 Å². The van der Waals surface area contributed by atoms with Crippen molar-refractivity contribution in [3.8, 4) is 0 Å². The Bertz CT molecular complexity index is 473. The number of aliphatic carboxylic acids is 1. The van der Waals surface area contributed by atoms with Crippen molar-refractivity contribution in [3.63, 3.8) is 0 Å². The van der Waals surface area contributed by atoms with Crippen molar-refractivity contribution in [2.24, 2.45) is 0 Å². The molecule has 1 unspecified atom stereocenters. The van der Waals surface area contributed by atoms with Crippen LogP contribution in [0.3, 0.4) is 0 Å². The van der Waals surface area contributed by atoms with Gasteiger partial charge in [0.15, 0.2) is 5.82 Å². The van der Waals surface area contributed by atoms with Gasteiger partial charge in [0, 0.05) is 31.8 Å². The van der Waals surface area contributed by atoms with Crippen molar-refractivity contribution in [2.75, 3.05) is 6.54 Å². The fourth-order valence-corrected chi connectivity index (χ4v) is 2.17. The number of carboxylic acids is 1. The summed E-state index contributed by atoms with van der Waals surface area (Å²) in [5, 5.41) is 12.6. The van der Waals surface area contributed by atoms with E-state index >= 15 is 0 Å². The van der Waals surface area contributed by atoms with Gasteiger partial charge in [0.25, 0.3) is 0 Å². The average molecular weight is 297 g/mol. The van der Waals surface area contributed by atoms with E-state index in [4.69, 9.17) is 9.63 Å². The van der Waals surface area contributed by atoms with E-state index in [1.165, 1.54) is 0 Å². The first-order valence-corrected chi connectivity index (χ1v) is 7.30. The number of carbonyl (C=O) groups excluding carboxylic acids is 1. The van der Waals surface area contributed by atoms with Crippen LogP contribution in [0.2, 0.25) is 0 Å². The SMILES string of the molecule is CCCc1noc(CCC(=O)N(CC)C(C)CC(=O)O)n1. The second-order valence-corrected chi connectivity index (χ2v) is 4.98. The Balaban J connectivity index is 2.51. The molecule has 0 aliphatic carbocycles. The fourth-order valence-electron chi connectivity index (χ4n) is 2.17. The van der Waals surface area contributed by atoms with Crippen LogP contribution in [0.1, 0.15) is 51.7 Å². The lowest BCUT2D eigenvalue weighted by molar-refractivity contribution is -0.140. The minimum atomic E-state index is -0.908. The number of carbonyl (C=O) groups is 2. The second-order valence-electron chi connectivity index (χ2n) is 4.98. The van der Waals surface area contributed by atoms with Gasteiger partial charge in [-0.05, 0) is 20.3 Å². The van der Waals surface area contributed by atoms with Gasteiger partial charge in [0.2, 0.25) is 11.8 Å². The summed E-state index contributed by atoms with van der Waals surface area (Å²) in [6.07, 6.45) is 2.26. The molecular formula is C14H23N3O4. The smallest absolute Gasteiger partial charge is 0.305 e. The topological polar surface area (TPSA) is 96.5 Å². The first-order valence-electron chi connectivity index (χ1n) is 7.30. The van der Waals surface area contributed by atoms with Crippen LogP contribution in [0.4, 0.5) is 0 Å². The number of aryl methyl sites for hydroxylation is 2. The van der Waals surface area contributed by atoms with Crippen molar-refractivity contribution in [3.05, 3.63) is 11.7 Å². The van der Waals surface area contributed by atoms with Gasteiger partial charge in [-0.3, -0.25) is 9.59 Å². The lowest BCUT2D eigenvalue weighted by Crippen LogP contribution is -2.39. The van der Waals surface area contributed by atoms with Crippen molar-refractivity contribution in [1.82, 2.24) is 15.0 Å². The summed E-state index contributed by atoms with van der Waals surface area (Å²) >= 11 is 0. The molecule has 21 heavy (non-hydrogen) atoms. The normalized spacial score (nSPS) is 12.1. The molecule has 0 saturated carbocycles. The molecule has 7 nitrogen and oxygen atoms in total.